The highest BCUT2D eigenvalue weighted by molar-refractivity contribution is 8.01. The van der Waals surface area contributed by atoms with Gasteiger partial charge in [0.2, 0.25) is 11.8 Å². The molecule has 2 N–H and O–H groups in total. The summed E-state index contributed by atoms with van der Waals surface area (Å²) in [5.41, 5.74) is 1.74. The summed E-state index contributed by atoms with van der Waals surface area (Å²) in [6, 6.07) is 6.44. The molecule has 3 unspecified atom stereocenters. The summed E-state index contributed by atoms with van der Waals surface area (Å²) < 4.78 is 39.4. The number of carbonyl (C=O) groups excluding carboxylic acids is 2. The molecule has 1 aromatic carbocycles. The maximum absolute atomic E-state index is 13.1. The predicted octanol–water partition coefficient (Wildman–Crippen LogP) is 4.29. The van der Waals surface area contributed by atoms with E-state index in [1.807, 2.05) is 19.1 Å². The normalized spacial score (nSPS) is 21.4. The van der Waals surface area contributed by atoms with E-state index in [0.29, 0.717) is 24.9 Å². The lowest BCUT2D eigenvalue weighted by atomic mass is 9.84. The fourth-order valence-corrected chi connectivity index (χ4v) is 3.80. The molecule has 2 amide bonds. The van der Waals surface area contributed by atoms with Gasteiger partial charge in [0, 0.05) is 11.7 Å². The van der Waals surface area contributed by atoms with Crippen LogP contribution in [0.25, 0.3) is 0 Å². The summed E-state index contributed by atoms with van der Waals surface area (Å²) in [4.78, 5) is 24.2. The number of hydrogen-bond donors (Lipinski definition) is 2. The highest BCUT2D eigenvalue weighted by Crippen LogP contribution is 2.37. The molecule has 0 aliphatic heterocycles. The van der Waals surface area contributed by atoms with Crippen LogP contribution < -0.4 is 10.6 Å². The van der Waals surface area contributed by atoms with E-state index in [4.69, 9.17) is 0 Å². The Kier molecular flexibility index (Phi) is 7.59. The minimum atomic E-state index is -4.30. The molecule has 0 saturated heterocycles. The second kappa shape index (κ2) is 9.48. The van der Waals surface area contributed by atoms with E-state index in [0.717, 1.165) is 17.3 Å². The molecule has 4 nitrogen and oxygen atoms in total. The van der Waals surface area contributed by atoms with Crippen LogP contribution in [0.4, 0.5) is 18.9 Å². The average Bonchev–Trinajstić information content (AvgIpc) is 2.61. The van der Waals surface area contributed by atoms with Crippen molar-refractivity contribution in [3.63, 3.8) is 0 Å². The van der Waals surface area contributed by atoms with Crippen LogP contribution in [0, 0.1) is 12.8 Å². The molecule has 1 aliphatic rings. The lowest BCUT2D eigenvalue weighted by Crippen LogP contribution is -2.49. The number of amides is 2. The molecule has 0 spiro atoms. The van der Waals surface area contributed by atoms with Crippen LogP contribution in [0.5, 0.6) is 0 Å². The van der Waals surface area contributed by atoms with Gasteiger partial charge in [-0.15, -0.1) is 11.8 Å². The van der Waals surface area contributed by atoms with Gasteiger partial charge in [-0.25, -0.2) is 0 Å². The summed E-state index contributed by atoms with van der Waals surface area (Å²) >= 11 is 1.11. The Bertz CT molecular complexity index is 649. The van der Waals surface area contributed by atoms with Gasteiger partial charge in [0.25, 0.3) is 0 Å². The van der Waals surface area contributed by atoms with Crippen molar-refractivity contribution in [2.24, 2.45) is 5.92 Å². The van der Waals surface area contributed by atoms with Crippen LogP contribution >= 0.6 is 11.8 Å². The van der Waals surface area contributed by atoms with Crippen LogP contribution in [-0.2, 0) is 9.59 Å². The molecule has 1 fully saturated rings. The Labute approximate surface area is 161 Å². The van der Waals surface area contributed by atoms with E-state index in [-0.39, 0.29) is 18.1 Å². The van der Waals surface area contributed by atoms with Gasteiger partial charge in [-0.3, -0.25) is 9.59 Å². The van der Waals surface area contributed by atoms with E-state index in [2.05, 4.69) is 10.6 Å². The topological polar surface area (TPSA) is 58.2 Å². The van der Waals surface area contributed by atoms with Gasteiger partial charge < -0.3 is 10.6 Å². The molecule has 0 heterocycles. The molecular weight excluding hydrogens is 377 g/mol. The number of alkyl halides is 3. The van der Waals surface area contributed by atoms with Crippen molar-refractivity contribution in [1.82, 2.24) is 5.32 Å². The number of hydrogen-bond acceptors (Lipinski definition) is 3. The van der Waals surface area contributed by atoms with Crippen LogP contribution in [0.2, 0.25) is 0 Å². The fraction of sp³-hybridized carbons (Fsp3) is 0.579. The maximum Gasteiger partial charge on any atom is 0.393 e. The van der Waals surface area contributed by atoms with Gasteiger partial charge in [0.1, 0.15) is 0 Å². The molecule has 8 heteroatoms. The first kappa shape index (κ1) is 21.6. The number of thioether (sulfide) groups is 1. The van der Waals surface area contributed by atoms with Gasteiger partial charge in [-0.1, -0.05) is 30.5 Å². The molecule has 1 saturated carbocycles. The van der Waals surface area contributed by atoms with E-state index in [1.165, 1.54) is 0 Å². The first-order chi connectivity index (χ1) is 12.7. The summed E-state index contributed by atoms with van der Waals surface area (Å²) in [5, 5.41) is 4.67. The zero-order valence-corrected chi connectivity index (χ0v) is 16.3. The van der Waals surface area contributed by atoms with Crippen molar-refractivity contribution in [3.05, 3.63) is 29.8 Å². The number of benzene rings is 1. The predicted molar refractivity (Wildman–Crippen MR) is 102 cm³/mol. The number of carbonyl (C=O) groups is 2. The molecule has 1 aromatic rings. The van der Waals surface area contributed by atoms with Crippen LogP contribution in [0.3, 0.4) is 0 Å². The number of rotatable bonds is 6. The molecule has 0 aromatic heterocycles. The number of aryl methyl sites for hydroxylation is 1. The van der Waals surface area contributed by atoms with Crippen LogP contribution in [0.15, 0.2) is 24.3 Å². The SMILES string of the molecule is Cc1ccc(NC(=O)CSC(C)C(=O)NC2CCCCC2C(F)(F)F)cc1. The monoisotopic (exact) mass is 402 g/mol. The van der Waals surface area contributed by atoms with Crippen LogP contribution in [0.1, 0.15) is 38.2 Å². The number of anilines is 1. The third-order valence-electron chi connectivity index (χ3n) is 4.68. The first-order valence-electron chi connectivity index (χ1n) is 9.02. The summed E-state index contributed by atoms with van der Waals surface area (Å²) in [7, 11) is 0. The lowest BCUT2D eigenvalue weighted by Gasteiger charge is -2.34. The standard InChI is InChI=1S/C19H25F3N2O2S/c1-12-7-9-14(10-8-12)23-17(25)11-27-13(2)18(26)24-16-6-4-3-5-15(16)19(20,21)22/h7-10,13,15-16H,3-6,11H2,1-2H3,(H,23,25)(H,24,26). The molecule has 0 radical (unpaired) electrons. The Morgan fingerprint density at radius 2 is 1.81 bits per heavy atom. The summed E-state index contributed by atoms with van der Waals surface area (Å²) in [5.74, 6) is -2.15. The Morgan fingerprint density at radius 1 is 1.19 bits per heavy atom. The smallest absolute Gasteiger partial charge is 0.352 e. The third-order valence-corrected chi connectivity index (χ3v) is 5.83. The van der Waals surface area contributed by atoms with Crippen molar-refractivity contribution < 1.29 is 22.8 Å². The Balaban J connectivity index is 1.80. The largest absolute Gasteiger partial charge is 0.393 e. The molecule has 3 atom stereocenters. The lowest BCUT2D eigenvalue weighted by molar-refractivity contribution is -0.189. The molecule has 0 bridgehead atoms. The Morgan fingerprint density at radius 3 is 2.44 bits per heavy atom. The van der Waals surface area contributed by atoms with Crippen molar-refractivity contribution in [1.29, 1.82) is 0 Å². The van der Waals surface area contributed by atoms with E-state index in [9.17, 15) is 22.8 Å². The molecular formula is C19H25F3N2O2S. The van der Waals surface area contributed by atoms with Crippen LogP contribution in [-0.4, -0.2) is 35.0 Å². The van der Waals surface area contributed by atoms with Crippen molar-refractivity contribution in [2.75, 3.05) is 11.1 Å². The second-order valence-corrected chi connectivity index (χ2v) is 8.24. The number of nitrogens with one attached hydrogen (secondary N) is 2. The van der Waals surface area contributed by atoms with Crippen molar-refractivity contribution in [2.45, 2.75) is 57.0 Å². The minimum absolute atomic E-state index is 0.0505. The summed E-state index contributed by atoms with van der Waals surface area (Å²) in [6.07, 6.45) is -2.71. The van der Waals surface area contributed by atoms with Crippen molar-refractivity contribution >= 4 is 29.3 Å². The van der Waals surface area contributed by atoms with Gasteiger partial charge in [0.15, 0.2) is 0 Å². The highest BCUT2D eigenvalue weighted by Gasteiger charge is 2.46. The van der Waals surface area contributed by atoms with Gasteiger partial charge >= 0.3 is 6.18 Å². The molecule has 2 rings (SSSR count). The highest BCUT2D eigenvalue weighted by atomic mass is 32.2. The molecule has 27 heavy (non-hydrogen) atoms. The van der Waals surface area contributed by atoms with E-state index < -0.39 is 29.3 Å². The fourth-order valence-electron chi connectivity index (χ4n) is 3.11. The average molecular weight is 402 g/mol. The first-order valence-corrected chi connectivity index (χ1v) is 10.1. The molecule has 150 valence electrons. The summed E-state index contributed by atoms with van der Waals surface area (Å²) in [6.45, 7) is 3.54. The molecule has 1 aliphatic carbocycles. The zero-order valence-electron chi connectivity index (χ0n) is 15.4. The quantitative estimate of drug-likeness (QED) is 0.746. The number of halogens is 3. The maximum atomic E-state index is 13.1. The second-order valence-electron chi connectivity index (χ2n) is 6.92. The van der Waals surface area contributed by atoms with E-state index >= 15 is 0 Å². The van der Waals surface area contributed by atoms with Crippen molar-refractivity contribution in [3.8, 4) is 0 Å². The van der Waals surface area contributed by atoms with Gasteiger partial charge in [0.05, 0.1) is 16.9 Å². The minimum Gasteiger partial charge on any atom is -0.352 e. The zero-order chi connectivity index (χ0) is 20.0. The Hall–Kier alpha value is -1.70. The van der Waals surface area contributed by atoms with E-state index in [1.54, 1.807) is 19.1 Å². The van der Waals surface area contributed by atoms with Gasteiger partial charge in [-0.2, -0.15) is 13.2 Å². The third kappa shape index (κ3) is 6.75. The van der Waals surface area contributed by atoms with Gasteiger partial charge in [-0.05, 0) is 38.8 Å².